The summed E-state index contributed by atoms with van der Waals surface area (Å²) >= 11 is 0. The highest BCUT2D eigenvalue weighted by atomic mass is 31.2. The van der Waals surface area contributed by atoms with E-state index in [1.807, 2.05) is 26.0 Å². The quantitative estimate of drug-likeness (QED) is 0.124. The third kappa shape index (κ3) is 9.39. The summed E-state index contributed by atoms with van der Waals surface area (Å²) in [6.07, 6.45) is -1.14. The Kier molecular flexibility index (Phi) is 11.2. The zero-order valence-corrected chi connectivity index (χ0v) is 23.2. The summed E-state index contributed by atoms with van der Waals surface area (Å²) in [6, 6.07) is 11.5. The number of phenols is 2. The molecule has 2 atom stereocenters. The molecule has 2 aromatic carbocycles. The van der Waals surface area contributed by atoms with Gasteiger partial charge in [-0.15, -0.1) is 0 Å². The molecule has 7 N–H and O–H groups in total. The molecule has 39 heavy (non-hydrogen) atoms. The van der Waals surface area contributed by atoms with Crippen molar-refractivity contribution in [1.29, 1.82) is 0 Å². The highest BCUT2D eigenvalue weighted by molar-refractivity contribution is 7.70. The molecule has 0 aromatic heterocycles. The van der Waals surface area contributed by atoms with Crippen molar-refractivity contribution in [2.75, 3.05) is 5.32 Å². The second-order valence-corrected chi connectivity index (χ2v) is 12.5. The lowest BCUT2D eigenvalue weighted by atomic mass is 9.78. The number of rotatable bonds is 14. The number of nitrogens with one attached hydrogen (secondary N) is 1. The van der Waals surface area contributed by atoms with Gasteiger partial charge in [-0.25, -0.2) is 0 Å². The predicted molar refractivity (Wildman–Crippen MR) is 142 cm³/mol. The fourth-order valence-electron chi connectivity index (χ4n) is 4.52. The molecule has 214 valence electrons. The maximum Gasteiger partial charge on any atom is 0.391 e. The number of hydrogen-bond acceptors (Lipinski definition) is 7. The average Bonchev–Trinajstić information content (AvgIpc) is 2.83. The molecule has 0 aliphatic rings. The summed E-state index contributed by atoms with van der Waals surface area (Å²) in [4.78, 5) is 72.7. The molecule has 0 saturated heterocycles. The SMILES string of the molecule is CCC(c1ccc(O)cc1)C(CC)c1ccc(O)c(NC(=O)CC(CC(=O)P(=O)(O)O)CC(=O)P(=O)(O)O)c1. The summed E-state index contributed by atoms with van der Waals surface area (Å²) in [5.41, 5.74) is -1.36. The summed E-state index contributed by atoms with van der Waals surface area (Å²) in [6.45, 7) is 4.00. The van der Waals surface area contributed by atoms with Gasteiger partial charge < -0.3 is 35.1 Å². The van der Waals surface area contributed by atoms with E-state index in [1.165, 1.54) is 6.07 Å². The molecule has 2 rings (SSSR count). The zero-order chi connectivity index (χ0) is 29.5. The van der Waals surface area contributed by atoms with Crippen LogP contribution in [0, 0.1) is 5.92 Å². The number of phenolic OH excluding ortho intramolecular Hbond substituents is 2. The van der Waals surface area contributed by atoms with Crippen LogP contribution < -0.4 is 5.32 Å². The van der Waals surface area contributed by atoms with Crippen LogP contribution in [0.25, 0.3) is 0 Å². The number of amides is 1. The van der Waals surface area contributed by atoms with E-state index < -0.39 is 57.3 Å². The van der Waals surface area contributed by atoms with Crippen LogP contribution in [0.5, 0.6) is 11.5 Å². The van der Waals surface area contributed by atoms with Gasteiger partial charge in [0.2, 0.25) is 17.0 Å². The fraction of sp³-hybridized carbons (Fsp3) is 0.400. The molecule has 2 unspecified atom stereocenters. The first-order chi connectivity index (χ1) is 18.1. The molecule has 0 bridgehead atoms. The van der Waals surface area contributed by atoms with Gasteiger partial charge in [0.25, 0.3) is 0 Å². The largest absolute Gasteiger partial charge is 0.508 e. The molecule has 0 spiro atoms. The van der Waals surface area contributed by atoms with E-state index in [0.717, 1.165) is 17.5 Å². The highest BCUT2D eigenvalue weighted by Gasteiger charge is 2.34. The standard InChI is InChI=1S/C25H33NO11P2/c1-3-19(16-5-8-18(27)9-6-16)20(4-2)17-7-10-22(28)21(14-17)26-23(29)11-15(12-24(30)38(32,33)34)13-25(31)39(35,36)37/h5-10,14-15,19-20,27-28H,3-4,11-13H2,1-2H3,(H,26,29)(H2,32,33,34)(H2,35,36,37). The van der Waals surface area contributed by atoms with Crippen LogP contribution in [0.3, 0.4) is 0 Å². The maximum absolute atomic E-state index is 12.8. The summed E-state index contributed by atoms with van der Waals surface area (Å²) in [5, 5.41) is 22.4. The van der Waals surface area contributed by atoms with E-state index in [4.69, 9.17) is 19.6 Å². The third-order valence-corrected chi connectivity index (χ3v) is 8.12. The Hall–Kier alpha value is -2.85. The van der Waals surface area contributed by atoms with Crippen LogP contribution in [-0.2, 0) is 23.5 Å². The predicted octanol–water partition coefficient (Wildman–Crippen LogP) is 3.92. The summed E-state index contributed by atoms with van der Waals surface area (Å²) in [7, 11) is -10.4. The van der Waals surface area contributed by atoms with Crippen molar-refractivity contribution < 1.29 is 53.3 Å². The summed E-state index contributed by atoms with van der Waals surface area (Å²) < 4.78 is 22.5. The number of aromatic hydroxyl groups is 2. The van der Waals surface area contributed by atoms with Crippen molar-refractivity contribution >= 4 is 37.8 Å². The number of carbonyl (C=O) groups excluding carboxylic acids is 3. The second kappa shape index (κ2) is 13.5. The molecule has 1 amide bonds. The topological polar surface area (TPSA) is 219 Å². The second-order valence-electron chi connectivity index (χ2n) is 9.30. The Morgan fingerprint density at radius 2 is 1.21 bits per heavy atom. The van der Waals surface area contributed by atoms with Crippen molar-refractivity contribution in [3.05, 3.63) is 53.6 Å². The van der Waals surface area contributed by atoms with E-state index in [1.54, 1.807) is 24.3 Å². The Morgan fingerprint density at radius 1 is 0.744 bits per heavy atom. The molecule has 0 aliphatic carbocycles. The average molecular weight is 585 g/mol. The van der Waals surface area contributed by atoms with Crippen molar-refractivity contribution in [1.82, 2.24) is 0 Å². The molecular weight excluding hydrogens is 552 g/mol. The van der Waals surface area contributed by atoms with E-state index in [-0.39, 0.29) is 29.0 Å². The first-order valence-electron chi connectivity index (χ1n) is 12.2. The zero-order valence-electron chi connectivity index (χ0n) is 21.4. The first-order valence-corrected chi connectivity index (χ1v) is 15.4. The Labute approximate surface area is 225 Å². The van der Waals surface area contributed by atoms with E-state index in [9.17, 15) is 33.7 Å². The van der Waals surface area contributed by atoms with Gasteiger partial charge in [-0.05, 0) is 66.0 Å². The molecule has 0 aliphatic heterocycles. The monoisotopic (exact) mass is 585 g/mol. The Bertz CT molecular complexity index is 1250. The molecule has 0 heterocycles. The number of carbonyl (C=O) groups is 3. The minimum absolute atomic E-state index is 0.0119. The molecule has 2 aromatic rings. The van der Waals surface area contributed by atoms with Crippen molar-refractivity contribution in [3.8, 4) is 11.5 Å². The lowest BCUT2D eigenvalue weighted by molar-refractivity contribution is -0.119. The van der Waals surface area contributed by atoms with E-state index in [0.29, 0.717) is 6.42 Å². The van der Waals surface area contributed by atoms with Crippen LogP contribution in [0.2, 0.25) is 0 Å². The van der Waals surface area contributed by atoms with Crippen molar-refractivity contribution in [2.24, 2.45) is 5.92 Å². The van der Waals surface area contributed by atoms with Crippen molar-refractivity contribution in [2.45, 2.75) is 57.8 Å². The molecule has 0 radical (unpaired) electrons. The molecule has 14 heteroatoms. The smallest absolute Gasteiger partial charge is 0.391 e. The third-order valence-electron chi connectivity index (χ3n) is 6.46. The van der Waals surface area contributed by atoms with Crippen LogP contribution >= 0.6 is 15.2 Å². The van der Waals surface area contributed by atoms with Gasteiger partial charge in [0.05, 0.1) is 5.69 Å². The normalized spacial score (nSPS) is 13.6. The fourth-order valence-corrected chi connectivity index (χ4v) is 5.51. The highest BCUT2D eigenvalue weighted by Crippen LogP contribution is 2.43. The Balaban J connectivity index is 2.29. The van der Waals surface area contributed by atoms with Gasteiger partial charge in [-0.3, -0.25) is 23.5 Å². The number of hydrogen-bond donors (Lipinski definition) is 7. The van der Waals surface area contributed by atoms with Gasteiger partial charge in [-0.2, -0.15) is 0 Å². The lowest BCUT2D eigenvalue weighted by Gasteiger charge is -2.27. The van der Waals surface area contributed by atoms with Crippen LogP contribution in [0.4, 0.5) is 5.69 Å². The number of anilines is 1. The van der Waals surface area contributed by atoms with Gasteiger partial charge in [0.15, 0.2) is 0 Å². The van der Waals surface area contributed by atoms with E-state index in [2.05, 4.69) is 5.32 Å². The Morgan fingerprint density at radius 3 is 1.67 bits per heavy atom. The first kappa shape index (κ1) is 32.4. The van der Waals surface area contributed by atoms with Crippen LogP contribution in [0.1, 0.15) is 68.9 Å². The van der Waals surface area contributed by atoms with Gasteiger partial charge in [-0.1, -0.05) is 32.0 Å². The molecular formula is C25H33NO11P2. The minimum Gasteiger partial charge on any atom is -0.508 e. The minimum atomic E-state index is -5.20. The molecule has 0 saturated carbocycles. The molecule has 0 fully saturated rings. The number of benzene rings is 2. The lowest BCUT2D eigenvalue weighted by Crippen LogP contribution is -2.21. The van der Waals surface area contributed by atoms with E-state index >= 15 is 0 Å². The maximum atomic E-state index is 12.8. The van der Waals surface area contributed by atoms with Crippen molar-refractivity contribution in [3.63, 3.8) is 0 Å². The van der Waals surface area contributed by atoms with Crippen LogP contribution in [-0.4, -0.2) is 46.7 Å². The van der Waals surface area contributed by atoms with Gasteiger partial charge in [0, 0.05) is 19.3 Å². The van der Waals surface area contributed by atoms with Gasteiger partial charge in [0.1, 0.15) is 11.5 Å². The summed E-state index contributed by atoms with van der Waals surface area (Å²) in [5.74, 6) is -2.38. The van der Waals surface area contributed by atoms with Gasteiger partial charge >= 0.3 is 15.2 Å². The van der Waals surface area contributed by atoms with Crippen LogP contribution in [0.15, 0.2) is 42.5 Å². The molecule has 12 nitrogen and oxygen atoms in total.